The Kier molecular flexibility index (Phi) is 5.85. The van der Waals surface area contributed by atoms with Crippen LogP contribution in [0, 0.1) is 5.82 Å². The Balaban J connectivity index is 1.54. The Hall–Kier alpha value is -3.44. The molecule has 1 N–H and O–H groups in total. The van der Waals surface area contributed by atoms with Gasteiger partial charge in [0.15, 0.2) is 5.76 Å². The smallest absolute Gasteiger partial charge is 0.289 e. The number of amides is 1. The van der Waals surface area contributed by atoms with Crippen LogP contribution >= 0.6 is 0 Å². The molecule has 1 fully saturated rings. The van der Waals surface area contributed by atoms with Gasteiger partial charge in [-0.15, -0.1) is 0 Å². The average molecular weight is 461 g/mol. The fourth-order valence-corrected chi connectivity index (χ4v) is 4.93. The Bertz CT molecular complexity index is 1330. The van der Waals surface area contributed by atoms with E-state index in [0.29, 0.717) is 16.7 Å². The first-order chi connectivity index (χ1) is 15.3. The van der Waals surface area contributed by atoms with Crippen molar-refractivity contribution < 1.29 is 32.0 Å². The number of carbonyl (C=O) groups is 1. The first kappa shape index (κ1) is 21.8. The molecule has 4 rings (SSSR count). The number of ether oxygens (including phenoxy) is 1. The highest BCUT2D eigenvalue weighted by molar-refractivity contribution is 7.89. The molecule has 168 valence electrons. The lowest BCUT2D eigenvalue weighted by Gasteiger charge is -2.33. The minimum Gasteiger partial charge on any atom is -0.497 e. The van der Waals surface area contributed by atoms with Crippen LogP contribution in [0.1, 0.15) is 10.6 Å². The maximum absolute atomic E-state index is 13.1. The third-order valence-corrected chi connectivity index (χ3v) is 7.16. The van der Waals surface area contributed by atoms with Gasteiger partial charge in [0.25, 0.3) is 5.91 Å². The Morgan fingerprint density at radius 3 is 2.41 bits per heavy atom. The molecule has 1 aliphatic rings. The Labute approximate surface area is 183 Å². The van der Waals surface area contributed by atoms with Crippen molar-refractivity contribution in [2.75, 3.05) is 33.3 Å². The zero-order valence-corrected chi connectivity index (χ0v) is 17.9. The van der Waals surface area contributed by atoms with Gasteiger partial charge in [-0.3, -0.25) is 4.79 Å². The number of benzene rings is 2. The van der Waals surface area contributed by atoms with Gasteiger partial charge in [-0.05, 0) is 36.4 Å². The van der Waals surface area contributed by atoms with E-state index in [2.05, 4.69) is 5.16 Å². The average Bonchev–Trinajstić information content (AvgIpc) is 2.82. The summed E-state index contributed by atoms with van der Waals surface area (Å²) < 4.78 is 50.8. The quantitative estimate of drug-likeness (QED) is 0.470. The van der Waals surface area contributed by atoms with Crippen LogP contribution in [0.3, 0.4) is 0 Å². The third-order valence-electron chi connectivity index (χ3n) is 5.25. The van der Waals surface area contributed by atoms with Crippen LogP contribution < -0.4 is 10.1 Å². The van der Waals surface area contributed by atoms with Crippen LogP contribution in [0.15, 0.2) is 63.0 Å². The van der Waals surface area contributed by atoms with Gasteiger partial charge in [0.1, 0.15) is 22.5 Å². The highest BCUT2D eigenvalue weighted by Gasteiger charge is 2.31. The predicted molar refractivity (Wildman–Crippen MR) is 111 cm³/mol. The molecule has 11 heteroatoms. The number of nitrogens with zero attached hydrogens (tertiary/aromatic N) is 3. The summed E-state index contributed by atoms with van der Waals surface area (Å²) in [6, 6.07) is 10.8. The molecule has 0 spiro atoms. The summed E-state index contributed by atoms with van der Waals surface area (Å²) in [6.07, 6.45) is 0. The predicted octanol–water partition coefficient (Wildman–Crippen LogP) is 2.02. The van der Waals surface area contributed by atoms with Crippen molar-refractivity contribution in [3.63, 3.8) is 0 Å². The molecule has 9 nitrogen and oxygen atoms in total. The first-order valence-electron chi connectivity index (χ1n) is 9.68. The molecule has 1 aliphatic heterocycles. The summed E-state index contributed by atoms with van der Waals surface area (Å²) in [7, 11) is -2.30. The zero-order valence-electron chi connectivity index (χ0n) is 17.1. The minimum atomic E-state index is -3.80. The van der Waals surface area contributed by atoms with E-state index in [-0.39, 0.29) is 42.2 Å². The Morgan fingerprint density at radius 1 is 1.09 bits per heavy atom. The summed E-state index contributed by atoms with van der Waals surface area (Å²) in [5.74, 6) is -0.522. The standard InChI is InChI=1S/C21H20FN3O6S/c1-30-15-4-7-17-18(23-27)13-20(31-19(17)12-15)21(26)24-8-10-25(11-9-24)32(28,29)16-5-2-14(22)3-6-16/h2-7,12-13,27H,8-11H2,1H3/b23-18+. The molecule has 0 radical (unpaired) electrons. The highest BCUT2D eigenvalue weighted by Crippen LogP contribution is 2.22. The lowest BCUT2D eigenvalue weighted by atomic mass is 10.2. The number of methoxy groups -OCH3 is 1. The van der Waals surface area contributed by atoms with Crippen molar-refractivity contribution in [1.29, 1.82) is 0 Å². The second-order valence-corrected chi connectivity index (χ2v) is 9.05. The lowest BCUT2D eigenvalue weighted by molar-refractivity contribution is 0.0666. The minimum absolute atomic E-state index is 0.00801. The van der Waals surface area contributed by atoms with Gasteiger partial charge in [0, 0.05) is 43.7 Å². The second kappa shape index (κ2) is 8.60. The molecule has 0 unspecified atom stereocenters. The summed E-state index contributed by atoms with van der Waals surface area (Å²) in [6.45, 7) is 0.418. The fourth-order valence-electron chi connectivity index (χ4n) is 3.51. The third kappa shape index (κ3) is 4.04. The molecule has 32 heavy (non-hydrogen) atoms. The van der Waals surface area contributed by atoms with E-state index < -0.39 is 21.7 Å². The van der Waals surface area contributed by atoms with Crippen LogP contribution in [0.2, 0.25) is 0 Å². The van der Waals surface area contributed by atoms with Gasteiger partial charge in [0.2, 0.25) is 10.0 Å². The topological polar surface area (TPSA) is 113 Å². The molecule has 3 aromatic rings. The summed E-state index contributed by atoms with van der Waals surface area (Å²) in [5.41, 5.74) is 0.306. The number of hydrogen-bond donors (Lipinski definition) is 1. The largest absolute Gasteiger partial charge is 0.497 e. The van der Waals surface area contributed by atoms with Gasteiger partial charge in [0.05, 0.1) is 12.0 Å². The SMILES string of the molecule is COc1ccc2/c(=N/O)cc(C(=O)N3CCN(S(=O)(=O)c4ccc(F)cc4)CC3)oc2c1. The monoisotopic (exact) mass is 461 g/mol. The van der Waals surface area contributed by atoms with E-state index in [1.807, 2.05) is 0 Å². The molecule has 1 amide bonds. The van der Waals surface area contributed by atoms with Gasteiger partial charge in [-0.1, -0.05) is 5.16 Å². The van der Waals surface area contributed by atoms with Gasteiger partial charge < -0.3 is 19.3 Å². The van der Waals surface area contributed by atoms with Crippen molar-refractivity contribution in [2.45, 2.75) is 4.90 Å². The number of hydrogen-bond acceptors (Lipinski definition) is 7. The zero-order chi connectivity index (χ0) is 22.9. The summed E-state index contributed by atoms with van der Waals surface area (Å²) in [5, 5.41) is 13.3. The van der Waals surface area contributed by atoms with Crippen LogP contribution in [-0.4, -0.2) is 62.0 Å². The normalized spacial score (nSPS) is 15.8. The summed E-state index contributed by atoms with van der Waals surface area (Å²) >= 11 is 0. The van der Waals surface area contributed by atoms with Crippen LogP contribution in [-0.2, 0) is 10.0 Å². The number of piperazine rings is 1. The molecule has 0 aliphatic carbocycles. The number of carbonyl (C=O) groups excluding carboxylic acids is 1. The van der Waals surface area contributed by atoms with E-state index >= 15 is 0 Å². The lowest BCUT2D eigenvalue weighted by Crippen LogP contribution is -2.50. The van der Waals surface area contributed by atoms with E-state index in [9.17, 15) is 22.8 Å². The number of sulfonamides is 1. The Morgan fingerprint density at radius 2 is 1.78 bits per heavy atom. The van der Waals surface area contributed by atoms with E-state index in [4.69, 9.17) is 9.15 Å². The molecule has 1 aromatic heterocycles. The molecule has 2 aromatic carbocycles. The fraction of sp³-hybridized carbons (Fsp3) is 0.238. The number of rotatable bonds is 4. The van der Waals surface area contributed by atoms with Crippen LogP contribution in [0.5, 0.6) is 5.75 Å². The summed E-state index contributed by atoms with van der Waals surface area (Å²) in [4.78, 5) is 14.5. The maximum Gasteiger partial charge on any atom is 0.289 e. The molecule has 0 bridgehead atoms. The number of halogens is 1. The van der Waals surface area contributed by atoms with Crippen molar-refractivity contribution in [3.05, 3.63) is 65.5 Å². The molecule has 1 saturated heterocycles. The van der Waals surface area contributed by atoms with Crippen molar-refractivity contribution in [3.8, 4) is 5.75 Å². The van der Waals surface area contributed by atoms with Crippen LogP contribution in [0.25, 0.3) is 11.0 Å². The van der Waals surface area contributed by atoms with Gasteiger partial charge >= 0.3 is 0 Å². The van der Waals surface area contributed by atoms with E-state index in [1.54, 1.807) is 18.2 Å². The van der Waals surface area contributed by atoms with E-state index in [0.717, 1.165) is 12.1 Å². The second-order valence-electron chi connectivity index (χ2n) is 7.11. The molecular weight excluding hydrogens is 441 g/mol. The first-order valence-corrected chi connectivity index (χ1v) is 11.1. The number of fused-ring (bicyclic) bond motifs is 1. The van der Waals surface area contributed by atoms with Gasteiger partial charge in [-0.2, -0.15) is 4.31 Å². The van der Waals surface area contributed by atoms with Gasteiger partial charge in [-0.25, -0.2) is 12.8 Å². The molecule has 0 atom stereocenters. The van der Waals surface area contributed by atoms with Crippen molar-refractivity contribution in [1.82, 2.24) is 9.21 Å². The van der Waals surface area contributed by atoms with E-state index in [1.165, 1.54) is 34.5 Å². The molecule has 0 saturated carbocycles. The van der Waals surface area contributed by atoms with Crippen LogP contribution in [0.4, 0.5) is 4.39 Å². The van der Waals surface area contributed by atoms with Crippen molar-refractivity contribution >= 4 is 26.9 Å². The molecular formula is C21H20FN3O6S. The highest BCUT2D eigenvalue weighted by atomic mass is 32.2. The maximum atomic E-state index is 13.1. The van der Waals surface area contributed by atoms with Crippen molar-refractivity contribution in [2.24, 2.45) is 5.16 Å². The molecule has 2 heterocycles.